The first-order valence-corrected chi connectivity index (χ1v) is 7.34. The fourth-order valence-corrected chi connectivity index (χ4v) is 3.15. The largest absolute Gasteiger partial charge is 0.399 e. The van der Waals surface area contributed by atoms with Crippen molar-refractivity contribution in [3.8, 4) is 0 Å². The van der Waals surface area contributed by atoms with Gasteiger partial charge in [0.25, 0.3) is 0 Å². The molecule has 5 N–H and O–H groups in total. The van der Waals surface area contributed by atoms with Crippen molar-refractivity contribution in [2.24, 2.45) is 10.9 Å². The second-order valence-electron chi connectivity index (χ2n) is 5.81. The molecule has 0 radical (unpaired) electrons. The number of nitrogen functional groups attached to an aromatic ring is 1. The van der Waals surface area contributed by atoms with E-state index in [1.807, 2.05) is 32.0 Å². The Kier molecular flexibility index (Phi) is 4.80. The van der Waals surface area contributed by atoms with Gasteiger partial charge in [0, 0.05) is 17.9 Å². The second kappa shape index (κ2) is 6.41. The maximum absolute atomic E-state index is 11.0. The first kappa shape index (κ1) is 15.7. The van der Waals surface area contributed by atoms with Crippen LogP contribution in [0.3, 0.4) is 0 Å². The topological polar surface area (TPSA) is 105 Å². The highest BCUT2D eigenvalue weighted by molar-refractivity contribution is 5.60. The van der Waals surface area contributed by atoms with Gasteiger partial charge < -0.3 is 21.5 Å². The first-order chi connectivity index (χ1) is 9.99. The van der Waals surface area contributed by atoms with Gasteiger partial charge in [-0.3, -0.25) is 0 Å². The minimum Gasteiger partial charge on any atom is -0.399 e. The van der Waals surface area contributed by atoms with Crippen LogP contribution < -0.4 is 16.4 Å². The van der Waals surface area contributed by atoms with Gasteiger partial charge in [-0.1, -0.05) is 5.18 Å². The summed E-state index contributed by atoms with van der Waals surface area (Å²) in [6.07, 6.45) is 0.997. The number of benzene rings is 1. The molecule has 21 heavy (non-hydrogen) atoms. The highest BCUT2D eigenvalue weighted by Crippen LogP contribution is 2.35. The number of hydrogen-bond donors (Lipinski definition) is 3. The number of aliphatic hydroxyl groups excluding tert-OH is 1. The number of anilines is 2. The van der Waals surface area contributed by atoms with Crippen molar-refractivity contribution in [1.29, 1.82) is 0 Å². The van der Waals surface area contributed by atoms with Crippen molar-refractivity contribution >= 4 is 11.4 Å². The molecule has 1 aliphatic rings. The molecule has 2 rings (SSSR count). The Morgan fingerprint density at radius 3 is 2.67 bits per heavy atom. The summed E-state index contributed by atoms with van der Waals surface area (Å²) in [4.78, 5) is 13.0. The third kappa shape index (κ3) is 3.01. The summed E-state index contributed by atoms with van der Waals surface area (Å²) in [6, 6.07) is 5.32. The van der Waals surface area contributed by atoms with Gasteiger partial charge in [-0.15, -0.1) is 0 Å². The number of nitrogens with two attached hydrogens (primary N) is 2. The van der Waals surface area contributed by atoms with Crippen molar-refractivity contribution in [3.63, 3.8) is 0 Å². The monoisotopic (exact) mass is 292 g/mol. The average molecular weight is 292 g/mol. The summed E-state index contributed by atoms with van der Waals surface area (Å²) in [7, 11) is 0. The minimum atomic E-state index is -0.619. The number of nitrogens with zero attached hydrogens (tertiary/aromatic N) is 2. The molecule has 1 fully saturated rings. The molecule has 1 aromatic carbocycles. The summed E-state index contributed by atoms with van der Waals surface area (Å²) in [6.45, 7) is 3.95. The van der Waals surface area contributed by atoms with Gasteiger partial charge in [-0.25, -0.2) is 0 Å². The van der Waals surface area contributed by atoms with Crippen LogP contribution in [0.1, 0.15) is 25.3 Å². The van der Waals surface area contributed by atoms with E-state index in [2.05, 4.69) is 10.1 Å². The molecule has 0 bridgehead atoms. The maximum Gasteiger partial charge on any atom is 0.109 e. The molecule has 1 saturated heterocycles. The summed E-state index contributed by atoms with van der Waals surface area (Å²) in [5.41, 5.74) is 14.2. The fourth-order valence-electron chi connectivity index (χ4n) is 3.15. The van der Waals surface area contributed by atoms with E-state index in [1.54, 1.807) is 0 Å². The summed E-state index contributed by atoms with van der Waals surface area (Å²) < 4.78 is 0. The predicted molar refractivity (Wildman–Crippen MR) is 85.2 cm³/mol. The second-order valence-corrected chi connectivity index (χ2v) is 5.81. The van der Waals surface area contributed by atoms with E-state index in [4.69, 9.17) is 11.5 Å². The highest BCUT2D eigenvalue weighted by Gasteiger charge is 2.40. The molecule has 6 heteroatoms. The van der Waals surface area contributed by atoms with Crippen LogP contribution >= 0.6 is 0 Å². The molecule has 0 aliphatic carbocycles. The van der Waals surface area contributed by atoms with Crippen LogP contribution in [0, 0.1) is 11.8 Å². The van der Waals surface area contributed by atoms with E-state index in [1.165, 1.54) is 0 Å². The van der Waals surface area contributed by atoms with Crippen LogP contribution in [-0.2, 0) is 0 Å². The molecule has 1 aromatic rings. The molecular formula is C15H24N4O2. The lowest BCUT2D eigenvalue weighted by molar-refractivity contribution is 0.152. The van der Waals surface area contributed by atoms with Crippen LogP contribution in [0.15, 0.2) is 23.4 Å². The molecule has 4 unspecified atom stereocenters. The zero-order chi connectivity index (χ0) is 15.6. The lowest BCUT2D eigenvalue weighted by Crippen LogP contribution is -2.48. The van der Waals surface area contributed by atoms with Crippen molar-refractivity contribution in [2.45, 2.75) is 50.9 Å². The third-order valence-electron chi connectivity index (χ3n) is 4.43. The summed E-state index contributed by atoms with van der Waals surface area (Å²) in [5.74, 6) is 0. The molecule has 0 aromatic heterocycles. The quantitative estimate of drug-likeness (QED) is 0.562. The van der Waals surface area contributed by atoms with Crippen LogP contribution in [0.2, 0.25) is 0 Å². The van der Waals surface area contributed by atoms with Gasteiger partial charge in [0.05, 0.1) is 18.2 Å². The van der Waals surface area contributed by atoms with E-state index >= 15 is 0 Å². The SMILES string of the molecule is Cc1cc(N2C(C(O)CN)CCC2C(C)N=O)ccc1N. The van der Waals surface area contributed by atoms with Gasteiger partial charge in [-0.2, -0.15) is 4.91 Å². The standard InChI is InChI=1S/C15H24N4O2/c1-9-7-11(3-4-12(9)17)19-13(10(2)18-21)5-6-14(19)15(20)8-16/h3-4,7,10,13-15,20H,5-6,8,16-17H2,1-2H3. The third-order valence-corrected chi connectivity index (χ3v) is 4.43. The van der Waals surface area contributed by atoms with Crippen LogP contribution in [0.5, 0.6) is 0 Å². The van der Waals surface area contributed by atoms with E-state index in [0.717, 1.165) is 29.8 Å². The van der Waals surface area contributed by atoms with Gasteiger partial charge in [0.15, 0.2) is 0 Å². The highest BCUT2D eigenvalue weighted by atomic mass is 16.3. The number of rotatable bonds is 5. The molecule has 0 saturated carbocycles. The van der Waals surface area contributed by atoms with Crippen molar-refractivity contribution in [2.75, 3.05) is 17.2 Å². The number of aryl methyl sites for hydroxylation is 1. The van der Waals surface area contributed by atoms with Gasteiger partial charge in [0.2, 0.25) is 0 Å². The van der Waals surface area contributed by atoms with E-state index < -0.39 is 6.10 Å². The van der Waals surface area contributed by atoms with Crippen LogP contribution in [-0.4, -0.2) is 35.9 Å². The molecule has 0 amide bonds. The molecule has 0 spiro atoms. The Labute approximate surface area is 125 Å². The predicted octanol–water partition coefficient (Wildman–Crippen LogP) is 1.39. The summed E-state index contributed by atoms with van der Waals surface area (Å²) >= 11 is 0. The number of nitroso groups, excluding NO2 is 1. The molecule has 6 nitrogen and oxygen atoms in total. The summed E-state index contributed by atoms with van der Waals surface area (Å²) in [5, 5.41) is 13.4. The number of aliphatic hydroxyl groups is 1. The number of hydrogen-bond acceptors (Lipinski definition) is 6. The van der Waals surface area contributed by atoms with Crippen molar-refractivity contribution in [1.82, 2.24) is 0 Å². The maximum atomic E-state index is 11.0. The van der Waals surface area contributed by atoms with E-state index in [0.29, 0.717) is 0 Å². The lowest BCUT2D eigenvalue weighted by atomic mass is 10.1. The molecule has 116 valence electrons. The van der Waals surface area contributed by atoms with Crippen molar-refractivity contribution in [3.05, 3.63) is 28.7 Å². The normalized spacial score (nSPS) is 24.9. The van der Waals surface area contributed by atoms with Crippen molar-refractivity contribution < 1.29 is 5.11 Å². The van der Waals surface area contributed by atoms with E-state index in [9.17, 15) is 10.0 Å². The first-order valence-electron chi connectivity index (χ1n) is 7.34. The minimum absolute atomic E-state index is 0.0169. The molecule has 4 atom stereocenters. The average Bonchev–Trinajstić information content (AvgIpc) is 2.93. The Balaban J connectivity index is 2.39. The van der Waals surface area contributed by atoms with Gasteiger partial charge in [0.1, 0.15) is 6.04 Å². The molecule has 1 aliphatic heterocycles. The Morgan fingerprint density at radius 1 is 1.43 bits per heavy atom. The smallest absolute Gasteiger partial charge is 0.109 e. The lowest BCUT2D eigenvalue weighted by Gasteiger charge is -2.36. The molecular weight excluding hydrogens is 268 g/mol. The van der Waals surface area contributed by atoms with Gasteiger partial charge in [-0.05, 0) is 50.5 Å². The zero-order valence-corrected chi connectivity index (χ0v) is 12.6. The fraction of sp³-hybridized carbons (Fsp3) is 0.600. The molecule has 1 heterocycles. The Bertz CT molecular complexity index is 508. The van der Waals surface area contributed by atoms with Crippen LogP contribution in [0.4, 0.5) is 11.4 Å². The Morgan fingerprint density at radius 2 is 2.10 bits per heavy atom. The van der Waals surface area contributed by atoms with Gasteiger partial charge >= 0.3 is 0 Å². The zero-order valence-electron chi connectivity index (χ0n) is 12.6. The van der Waals surface area contributed by atoms with Crippen LogP contribution in [0.25, 0.3) is 0 Å². The Hall–Kier alpha value is -1.66. The van der Waals surface area contributed by atoms with E-state index in [-0.39, 0.29) is 24.7 Å².